The van der Waals surface area contributed by atoms with Crippen LogP contribution in [-0.2, 0) is 11.2 Å². The number of carbonyl (C=O) groups excluding carboxylic acids is 1. The molecule has 1 aromatic rings. The van der Waals surface area contributed by atoms with E-state index in [1.165, 1.54) is 30.4 Å². The lowest BCUT2D eigenvalue weighted by atomic mass is 9.99. The molecule has 0 aliphatic carbocycles. The van der Waals surface area contributed by atoms with E-state index < -0.39 is 0 Å². The average molecular weight is 275 g/mol. The number of carbonyl (C=O) groups is 1. The largest absolute Gasteiger partial charge is 0.356 e. The highest BCUT2D eigenvalue weighted by atomic mass is 16.1. The average Bonchev–Trinajstić information content (AvgIpc) is 2.43. The van der Waals surface area contributed by atoms with Crippen LogP contribution in [0.4, 0.5) is 0 Å². The molecule has 0 radical (unpaired) electrons. The normalized spacial score (nSPS) is 12.2. The van der Waals surface area contributed by atoms with Gasteiger partial charge in [-0.05, 0) is 42.9 Å². The highest BCUT2D eigenvalue weighted by Gasteiger charge is 2.09. The molecule has 0 aliphatic heterocycles. The second kappa shape index (κ2) is 8.78. The zero-order valence-corrected chi connectivity index (χ0v) is 13.5. The Morgan fingerprint density at radius 3 is 2.55 bits per heavy atom. The maximum Gasteiger partial charge on any atom is 0.224 e. The molecule has 2 nitrogen and oxygen atoms in total. The van der Waals surface area contributed by atoms with Crippen LogP contribution in [0.3, 0.4) is 0 Å². The first-order valence-electron chi connectivity index (χ1n) is 7.89. The number of unbranched alkanes of at least 4 members (excludes halogenated alkanes) is 1. The van der Waals surface area contributed by atoms with Gasteiger partial charge in [0.2, 0.25) is 5.91 Å². The smallest absolute Gasteiger partial charge is 0.224 e. The molecule has 0 aromatic heterocycles. The summed E-state index contributed by atoms with van der Waals surface area (Å²) in [7, 11) is 0. The minimum Gasteiger partial charge on any atom is -0.356 e. The SMILES string of the molecule is CCCCC(CC)CNC(=O)Cc1ccc(C)c(C)c1. The lowest BCUT2D eigenvalue weighted by molar-refractivity contribution is -0.120. The molecule has 20 heavy (non-hydrogen) atoms. The van der Waals surface area contributed by atoms with Crippen LogP contribution < -0.4 is 5.32 Å². The van der Waals surface area contributed by atoms with E-state index in [1.54, 1.807) is 0 Å². The van der Waals surface area contributed by atoms with Gasteiger partial charge in [0, 0.05) is 6.54 Å². The van der Waals surface area contributed by atoms with Crippen molar-refractivity contribution in [1.82, 2.24) is 5.32 Å². The van der Waals surface area contributed by atoms with E-state index in [2.05, 4.69) is 51.2 Å². The summed E-state index contributed by atoms with van der Waals surface area (Å²) in [4.78, 5) is 12.0. The van der Waals surface area contributed by atoms with Crippen LogP contribution in [0.1, 0.15) is 56.2 Å². The Bertz CT molecular complexity index is 425. The van der Waals surface area contributed by atoms with Crippen molar-refractivity contribution in [3.63, 3.8) is 0 Å². The standard InChI is InChI=1S/C18H29NO/c1-5-7-8-16(6-2)13-19-18(20)12-17-10-9-14(3)15(4)11-17/h9-11,16H,5-8,12-13H2,1-4H3,(H,19,20). The van der Waals surface area contributed by atoms with Crippen molar-refractivity contribution in [2.45, 2.75) is 59.8 Å². The summed E-state index contributed by atoms with van der Waals surface area (Å²) in [6.45, 7) is 9.42. The lowest BCUT2D eigenvalue weighted by Crippen LogP contribution is -2.30. The van der Waals surface area contributed by atoms with Gasteiger partial charge in [-0.15, -0.1) is 0 Å². The van der Waals surface area contributed by atoms with E-state index >= 15 is 0 Å². The number of aryl methyl sites for hydroxylation is 2. The molecule has 0 spiro atoms. The minimum absolute atomic E-state index is 0.142. The maximum atomic E-state index is 12.0. The molecule has 1 amide bonds. The van der Waals surface area contributed by atoms with Crippen LogP contribution in [0, 0.1) is 19.8 Å². The molecule has 0 fully saturated rings. The van der Waals surface area contributed by atoms with Crippen LogP contribution in [0.2, 0.25) is 0 Å². The molecular weight excluding hydrogens is 246 g/mol. The summed E-state index contributed by atoms with van der Waals surface area (Å²) in [5.41, 5.74) is 3.64. The Labute approximate surface area is 124 Å². The fourth-order valence-electron chi connectivity index (χ4n) is 2.36. The third-order valence-electron chi connectivity index (χ3n) is 4.07. The number of hydrogen-bond acceptors (Lipinski definition) is 1. The fourth-order valence-corrected chi connectivity index (χ4v) is 2.36. The molecule has 0 aliphatic rings. The topological polar surface area (TPSA) is 29.1 Å². The Balaban J connectivity index is 2.40. The first-order chi connectivity index (χ1) is 9.56. The van der Waals surface area contributed by atoms with Crippen molar-refractivity contribution >= 4 is 5.91 Å². The van der Waals surface area contributed by atoms with Crippen LogP contribution in [0.15, 0.2) is 18.2 Å². The van der Waals surface area contributed by atoms with Crippen molar-refractivity contribution in [1.29, 1.82) is 0 Å². The van der Waals surface area contributed by atoms with Crippen molar-refractivity contribution in [2.75, 3.05) is 6.54 Å². The number of hydrogen-bond donors (Lipinski definition) is 1. The van der Waals surface area contributed by atoms with Gasteiger partial charge < -0.3 is 5.32 Å². The minimum atomic E-state index is 0.142. The predicted molar refractivity (Wildman–Crippen MR) is 85.9 cm³/mol. The summed E-state index contributed by atoms with van der Waals surface area (Å²) in [5.74, 6) is 0.766. The predicted octanol–water partition coefficient (Wildman–Crippen LogP) is 4.18. The van der Waals surface area contributed by atoms with Gasteiger partial charge in [0.25, 0.3) is 0 Å². The van der Waals surface area contributed by atoms with Crippen molar-refractivity contribution in [2.24, 2.45) is 5.92 Å². The van der Waals surface area contributed by atoms with Crippen LogP contribution in [0.25, 0.3) is 0 Å². The van der Waals surface area contributed by atoms with E-state index in [0.717, 1.165) is 18.5 Å². The second-order valence-corrected chi connectivity index (χ2v) is 5.82. The highest BCUT2D eigenvalue weighted by molar-refractivity contribution is 5.78. The molecule has 0 saturated carbocycles. The van der Waals surface area contributed by atoms with Crippen molar-refractivity contribution in [3.05, 3.63) is 34.9 Å². The Kier molecular flexibility index (Phi) is 7.35. The summed E-state index contributed by atoms with van der Waals surface area (Å²) >= 11 is 0. The Morgan fingerprint density at radius 1 is 1.20 bits per heavy atom. The van der Waals surface area contributed by atoms with E-state index in [9.17, 15) is 4.79 Å². The zero-order valence-electron chi connectivity index (χ0n) is 13.5. The van der Waals surface area contributed by atoms with Gasteiger partial charge in [0.1, 0.15) is 0 Å². The van der Waals surface area contributed by atoms with Gasteiger partial charge in [-0.3, -0.25) is 4.79 Å². The molecular formula is C18H29NO. The molecule has 0 heterocycles. The van der Waals surface area contributed by atoms with Crippen molar-refractivity contribution < 1.29 is 4.79 Å². The van der Waals surface area contributed by atoms with Crippen LogP contribution in [0.5, 0.6) is 0 Å². The zero-order chi connectivity index (χ0) is 15.0. The molecule has 0 bridgehead atoms. The quantitative estimate of drug-likeness (QED) is 0.757. The molecule has 1 aromatic carbocycles. The van der Waals surface area contributed by atoms with Crippen LogP contribution >= 0.6 is 0 Å². The number of benzene rings is 1. The fraction of sp³-hybridized carbons (Fsp3) is 0.611. The van der Waals surface area contributed by atoms with Gasteiger partial charge in [-0.1, -0.05) is 51.3 Å². The molecule has 1 rings (SSSR count). The summed E-state index contributed by atoms with van der Waals surface area (Å²) in [5, 5.41) is 3.09. The summed E-state index contributed by atoms with van der Waals surface area (Å²) in [6.07, 6.45) is 5.34. The molecule has 0 saturated heterocycles. The van der Waals surface area contributed by atoms with E-state index in [1.807, 2.05) is 0 Å². The van der Waals surface area contributed by atoms with Gasteiger partial charge in [0.15, 0.2) is 0 Å². The first kappa shape index (κ1) is 16.7. The third kappa shape index (κ3) is 5.77. The Morgan fingerprint density at radius 2 is 1.95 bits per heavy atom. The number of amides is 1. The molecule has 1 unspecified atom stereocenters. The number of nitrogens with one attached hydrogen (secondary N) is 1. The summed E-state index contributed by atoms with van der Waals surface area (Å²) < 4.78 is 0. The molecule has 2 heteroatoms. The van der Waals surface area contributed by atoms with Gasteiger partial charge in [-0.2, -0.15) is 0 Å². The third-order valence-corrected chi connectivity index (χ3v) is 4.07. The lowest BCUT2D eigenvalue weighted by Gasteiger charge is -2.15. The monoisotopic (exact) mass is 275 g/mol. The van der Waals surface area contributed by atoms with Gasteiger partial charge in [-0.25, -0.2) is 0 Å². The Hall–Kier alpha value is -1.31. The van der Waals surface area contributed by atoms with E-state index in [-0.39, 0.29) is 5.91 Å². The molecule has 1 N–H and O–H groups in total. The van der Waals surface area contributed by atoms with Crippen molar-refractivity contribution in [3.8, 4) is 0 Å². The molecule has 112 valence electrons. The first-order valence-corrected chi connectivity index (χ1v) is 7.89. The summed E-state index contributed by atoms with van der Waals surface area (Å²) in [6, 6.07) is 6.26. The van der Waals surface area contributed by atoms with Gasteiger partial charge in [0.05, 0.1) is 6.42 Å². The van der Waals surface area contributed by atoms with Crippen LogP contribution in [-0.4, -0.2) is 12.5 Å². The van der Waals surface area contributed by atoms with Gasteiger partial charge >= 0.3 is 0 Å². The molecule has 1 atom stereocenters. The van der Waals surface area contributed by atoms with E-state index in [0.29, 0.717) is 12.3 Å². The second-order valence-electron chi connectivity index (χ2n) is 5.82. The highest BCUT2D eigenvalue weighted by Crippen LogP contribution is 2.12. The van der Waals surface area contributed by atoms with E-state index in [4.69, 9.17) is 0 Å². The maximum absolute atomic E-state index is 12.0. The number of rotatable bonds is 8.